The fourth-order valence-corrected chi connectivity index (χ4v) is 2.76. The van der Waals surface area contributed by atoms with Gasteiger partial charge in [0.25, 0.3) is 0 Å². The van der Waals surface area contributed by atoms with E-state index in [9.17, 15) is 14.4 Å². The number of benzene rings is 1. The Labute approximate surface area is 135 Å². The molecule has 124 valence electrons. The quantitative estimate of drug-likeness (QED) is 0.868. The molecule has 1 fully saturated rings. The number of nitrogens with one attached hydrogen (secondary N) is 1. The lowest BCUT2D eigenvalue weighted by molar-refractivity contribution is -0.137. The summed E-state index contributed by atoms with van der Waals surface area (Å²) < 4.78 is 0. The first-order chi connectivity index (χ1) is 11.0. The van der Waals surface area contributed by atoms with Gasteiger partial charge < -0.3 is 15.3 Å². The number of nitrogens with zero attached hydrogens (tertiary/aromatic N) is 1. The summed E-state index contributed by atoms with van der Waals surface area (Å²) in [6.07, 6.45) is 1.85. The first-order valence-electron chi connectivity index (χ1n) is 7.83. The maximum atomic E-state index is 12.3. The molecule has 0 saturated carbocycles. The van der Waals surface area contributed by atoms with Crippen molar-refractivity contribution < 1.29 is 19.5 Å². The second kappa shape index (κ2) is 7.76. The third kappa shape index (κ3) is 5.09. The summed E-state index contributed by atoms with van der Waals surface area (Å²) in [5.74, 6) is -0.913. The van der Waals surface area contributed by atoms with Gasteiger partial charge in [0, 0.05) is 38.0 Å². The smallest absolute Gasteiger partial charge is 0.303 e. The summed E-state index contributed by atoms with van der Waals surface area (Å²) in [6.45, 7) is 2.78. The third-order valence-corrected chi connectivity index (χ3v) is 4.13. The number of aliphatic carboxylic acids is 1. The predicted octanol–water partition coefficient (Wildman–Crippen LogP) is 1.90. The number of aryl methyl sites for hydroxylation is 1. The van der Waals surface area contributed by atoms with Crippen LogP contribution in [0.5, 0.6) is 0 Å². The highest BCUT2D eigenvalue weighted by Crippen LogP contribution is 2.20. The molecule has 0 spiro atoms. The Morgan fingerprint density at radius 3 is 2.57 bits per heavy atom. The number of hydrogen-bond acceptors (Lipinski definition) is 3. The number of carboxylic acid groups (broad SMARTS) is 1. The van der Waals surface area contributed by atoms with E-state index in [0.717, 1.165) is 5.56 Å². The molecule has 0 bridgehead atoms. The van der Waals surface area contributed by atoms with Gasteiger partial charge in [-0.05, 0) is 37.0 Å². The van der Waals surface area contributed by atoms with Crippen molar-refractivity contribution in [1.82, 2.24) is 4.90 Å². The van der Waals surface area contributed by atoms with Crippen molar-refractivity contribution in [2.75, 3.05) is 18.4 Å². The molecular formula is C17H22N2O4. The van der Waals surface area contributed by atoms with E-state index >= 15 is 0 Å². The molecule has 0 atom stereocenters. The van der Waals surface area contributed by atoms with Gasteiger partial charge in [0.1, 0.15) is 0 Å². The molecule has 1 aliphatic heterocycles. The van der Waals surface area contributed by atoms with Gasteiger partial charge in [-0.25, -0.2) is 0 Å². The van der Waals surface area contributed by atoms with E-state index in [0.29, 0.717) is 38.0 Å². The van der Waals surface area contributed by atoms with Crippen LogP contribution in [0.2, 0.25) is 0 Å². The highest BCUT2D eigenvalue weighted by atomic mass is 16.4. The van der Waals surface area contributed by atoms with Crippen molar-refractivity contribution in [3.63, 3.8) is 0 Å². The monoisotopic (exact) mass is 318 g/mol. The summed E-state index contributed by atoms with van der Waals surface area (Å²) >= 11 is 0. The van der Waals surface area contributed by atoms with Gasteiger partial charge in [-0.2, -0.15) is 0 Å². The number of hydrogen-bond donors (Lipinski definition) is 2. The summed E-state index contributed by atoms with van der Waals surface area (Å²) in [5.41, 5.74) is 1.57. The zero-order valence-electron chi connectivity index (χ0n) is 13.2. The Morgan fingerprint density at radius 1 is 1.26 bits per heavy atom. The van der Waals surface area contributed by atoms with Crippen molar-refractivity contribution >= 4 is 23.5 Å². The first kappa shape index (κ1) is 17.0. The average molecular weight is 318 g/mol. The topological polar surface area (TPSA) is 86.7 Å². The Morgan fingerprint density at radius 2 is 1.96 bits per heavy atom. The van der Waals surface area contributed by atoms with Crippen LogP contribution in [0.1, 0.15) is 31.7 Å². The number of anilines is 1. The fourth-order valence-electron chi connectivity index (χ4n) is 2.76. The summed E-state index contributed by atoms with van der Waals surface area (Å²) in [7, 11) is 0. The number of carboxylic acids is 1. The summed E-state index contributed by atoms with van der Waals surface area (Å²) in [5, 5.41) is 11.6. The van der Waals surface area contributed by atoms with Gasteiger partial charge in [-0.3, -0.25) is 14.4 Å². The van der Waals surface area contributed by atoms with Crippen molar-refractivity contribution in [3.05, 3.63) is 29.8 Å². The number of carbonyl (C=O) groups is 3. The van der Waals surface area contributed by atoms with Crippen molar-refractivity contribution in [3.8, 4) is 0 Å². The molecule has 2 rings (SSSR count). The van der Waals surface area contributed by atoms with Gasteiger partial charge in [0.2, 0.25) is 11.8 Å². The molecule has 1 aliphatic rings. The molecule has 0 unspecified atom stereocenters. The molecule has 2 amide bonds. The van der Waals surface area contributed by atoms with E-state index in [1.165, 1.54) is 0 Å². The van der Waals surface area contributed by atoms with Crippen molar-refractivity contribution in [2.24, 2.45) is 5.92 Å². The zero-order chi connectivity index (χ0) is 16.8. The highest BCUT2D eigenvalue weighted by Gasteiger charge is 2.25. The Bertz CT molecular complexity index is 592. The van der Waals surface area contributed by atoms with E-state index in [4.69, 9.17) is 5.11 Å². The molecule has 0 aromatic heterocycles. The molecule has 23 heavy (non-hydrogen) atoms. The lowest BCUT2D eigenvalue weighted by atomic mass is 9.95. The van der Waals surface area contributed by atoms with Gasteiger partial charge in [-0.15, -0.1) is 0 Å². The van der Waals surface area contributed by atoms with Crippen LogP contribution in [0.3, 0.4) is 0 Å². The molecule has 1 saturated heterocycles. The Kier molecular flexibility index (Phi) is 5.73. The minimum Gasteiger partial charge on any atom is -0.481 e. The molecule has 0 radical (unpaired) electrons. The number of carbonyl (C=O) groups excluding carboxylic acids is 2. The lowest BCUT2D eigenvalue weighted by Gasteiger charge is -2.30. The van der Waals surface area contributed by atoms with E-state index in [1.54, 1.807) is 17.9 Å². The second-order valence-electron chi connectivity index (χ2n) is 5.86. The van der Waals surface area contributed by atoms with Gasteiger partial charge in [-0.1, -0.05) is 12.1 Å². The number of piperidine rings is 1. The van der Waals surface area contributed by atoms with E-state index in [-0.39, 0.29) is 24.2 Å². The standard InChI is InChI=1S/C17H22N2O4/c1-12(20)19-9-7-14(8-10-19)17(23)18-15-4-2-3-13(11-15)5-6-16(21)22/h2-4,11,14H,5-10H2,1H3,(H,18,23)(H,21,22). The molecular weight excluding hydrogens is 296 g/mol. The highest BCUT2D eigenvalue weighted by molar-refractivity contribution is 5.92. The van der Waals surface area contributed by atoms with Crippen LogP contribution in [0.15, 0.2) is 24.3 Å². The van der Waals surface area contributed by atoms with Crippen molar-refractivity contribution in [1.29, 1.82) is 0 Å². The Balaban J connectivity index is 1.89. The maximum Gasteiger partial charge on any atom is 0.303 e. The molecule has 6 nitrogen and oxygen atoms in total. The van der Waals surface area contributed by atoms with Crippen molar-refractivity contribution in [2.45, 2.75) is 32.6 Å². The van der Waals surface area contributed by atoms with Crippen LogP contribution in [-0.4, -0.2) is 40.9 Å². The van der Waals surface area contributed by atoms with E-state index in [1.807, 2.05) is 18.2 Å². The third-order valence-electron chi connectivity index (χ3n) is 4.13. The van der Waals surface area contributed by atoms with Crippen LogP contribution < -0.4 is 5.32 Å². The normalized spacial score (nSPS) is 15.3. The van der Waals surface area contributed by atoms with Crippen LogP contribution in [0.25, 0.3) is 0 Å². The van der Waals surface area contributed by atoms with E-state index in [2.05, 4.69) is 5.32 Å². The van der Waals surface area contributed by atoms with Gasteiger partial charge in [0.05, 0.1) is 0 Å². The molecule has 1 heterocycles. The van der Waals surface area contributed by atoms with Gasteiger partial charge in [0.15, 0.2) is 0 Å². The maximum absolute atomic E-state index is 12.3. The minimum absolute atomic E-state index is 0.0383. The summed E-state index contributed by atoms with van der Waals surface area (Å²) in [4.78, 5) is 36.0. The fraction of sp³-hybridized carbons (Fsp3) is 0.471. The summed E-state index contributed by atoms with van der Waals surface area (Å²) in [6, 6.07) is 7.27. The minimum atomic E-state index is -0.836. The van der Waals surface area contributed by atoms with Crippen LogP contribution in [0, 0.1) is 5.92 Å². The number of rotatable bonds is 5. The zero-order valence-corrected chi connectivity index (χ0v) is 13.2. The predicted molar refractivity (Wildman–Crippen MR) is 86.0 cm³/mol. The molecule has 6 heteroatoms. The molecule has 2 N–H and O–H groups in total. The molecule has 0 aliphatic carbocycles. The van der Waals surface area contributed by atoms with Crippen LogP contribution >= 0.6 is 0 Å². The first-order valence-corrected chi connectivity index (χ1v) is 7.83. The largest absolute Gasteiger partial charge is 0.481 e. The SMILES string of the molecule is CC(=O)N1CCC(C(=O)Nc2cccc(CCC(=O)O)c2)CC1. The number of likely N-dealkylation sites (tertiary alicyclic amines) is 1. The van der Waals surface area contributed by atoms with Crippen LogP contribution in [0.4, 0.5) is 5.69 Å². The Hall–Kier alpha value is -2.37. The van der Waals surface area contributed by atoms with Crippen LogP contribution in [-0.2, 0) is 20.8 Å². The molecule has 1 aromatic carbocycles. The van der Waals surface area contributed by atoms with Gasteiger partial charge >= 0.3 is 5.97 Å². The molecule has 1 aromatic rings. The average Bonchev–Trinajstić information content (AvgIpc) is 2.53. The second-order valence-corrected chi connectivity index (χ2v) is 5.86. The van der Waals surface area contributed by atoms with E-state index < -0.39 is 5.97 Å². The number of amides is 2. The lowest BCUT2D eigenvalue weighted by Crippen LogP contribution is -2.40.